The van der Waals surface area contributed by atoms with Crippen LogP contribution in [0, 0.1) is 0 Å². The Kier molecular flexibility index (Phi) is 6.06. The van der Waals surface area contributed by atoms with Gasteiger partial charge in [0, 0.05) is 18.3 Å². The van der Waals surface area contributed by atoms with Crippen LogP contribution in [0.15, 0.2) is 12.4 Å². The van der Waals surface area contributed by atoms with Gasteiger partial charge in [-0.15, -0.1) is 0 Å². The zero-order chi connectivity index (χ0) is 12.7. The van der Waals surface area contributed by atoms with Gasteiger partial charge in [0.15, 0.2) is 0 Å². The molecule has 1 heterocycles. The van der Waals surface area contributed by atoms with Gasteiger partial charge in [-0.2, -0.15) is 16.9 Å². The molecule has 0 unspecified atom stereocenters. The molecule has 0 radical (unpaired) electrons. The van der Waals surface area contributed by atoms with Gasteiger partial charge >= 0.3 is 0 Å². The minimum atomic E-state index is 0.0800. The lowest BCUT2D eigenvalue weighted by Crippen LogP contribution is -2.22. The SMILES string of the molecule is CSCCCCNCc1cnn(C(C)(C)C)c1. The van der Waals surface area contributed by atoms with Crippen LogP contribution in [0.25, 0.3) is 0 Å². The van der Waals surface area contributed by atoms with Gasteiger partial charge in [-0.1, -0.05) is 0 Å². The minimum absolute atomic E-state index is 0.0800. The van der Waals surface area contributed by atoms with E-state index in [1.807, 2.05) is 22.6 Å². The first-order valence-electron chi connectivity index (χ1n) is 6.27. The lowest BCUT2D eigenvalue weighted by atomic mass is 10.1. The summed E-state index contributed by atoms with van der Waals surface area (Å²) >= 11 is 1.92. The van der Waals surface area contributed by atoms with E-state index in [0.29, 0.717) is 0 Å². The highest BCUT2D eigenvalue weighted by Crippen LogP contribution is 2.12. The van der Waals surface area contributed by atoms with Gasteiger partial charge < -0.3 is 5.32 Å². The quantitative estimate of drug-likeness (QED) is 0.760. The monoisotopic (exact) mass is 255 g/mol. The van der Waals surface area contributed by atoms with Crippen molar-refractivity contribution >= 4 is 11.8 Å². The van der Waals surface area contributed by atoms with E-state index in [-0.39, 0.29) is 5.54 Å². The molecule has 98 valence electrons. The van der Waals surface area contributed by atoms with Crippen LogP contribution in [0.3, 0.4) is 0 Å². The molecule has 1 aromatic rings. The van der Waals surface area contributed by atoms with Crippen molar-refractivity contribution in [2.45, 2.75) is 45.7 Å². The Morgan fingerprint density at radius 2 is 2.12 bits per heavy atom. The highest BCUT2D eigenvalue weighted by atomic mass is 32.2. The van der Waals surface area contributed by atoms with Crippen LogP contribution in [0.4, 0.5) is 0 Å². The molecule has 0 saturated heterocycles. The van der Waals surface area contributed by atoms with Crippen molar-refractivity contribution < 1.29 is 0 Å². The average Bonchev–Trinajstić information content (AvgIpc) is 2.71. The van der Waals surface area contributed by atoms with Crippen LogP contribution in [0.5, 0.6) is 0 Å². The predicted molar refractivity (Wildman–Crippen MR) is 76.5 cm³/mol. The molecule has 17 heavy (non-hydrogen) atoms. The third kappa shape index (κ3) is 5.59. The molecule has 4 heteroatoms. The molecule has 0 spiro atoms. The zero-order valence-corrected chi connectivity index (χ0v) is 12.3. The Morgan fingerprint density at radius 1 is 1.35 bits per heavy atom. The summed E-state index contributed by atoms with van der Waals surface area (Å²) in [4.78, 5) is 0. The Bertz CT molecular complexity index is 315. The number of unbranched alkanes of at least 4 members (excludes halogenated alkanes) is 1. The molecule has 0 amide bonds. The van der Waals surface area contributed by atoms with Crippen molar-refractivity contribution in [1.29, 1.82) is 0 Å². The molecular formula is C13H25N3S. The highest BCUT2D eigenvalue weighted by Gasteiger charge is 2.13. The summed E-state index contributed by atoms with van der Waals surface area (Å²) in [5, 5.41) is 7.85. The lowest BCUT2D eigenvalue weighted by Gasteiger charge is -2.18. The number of rotatable bonds is 7. The first-order valence-corrected chi connectivity index (χ1v) is 7.67. The molecule has 0 aromatic carbocycles. The molecule has 1 rings (SSSR count). The van der Waals surface area contributed by atoms with Gasteiger partial charge in [0.25, 0.3) is 0 Å². The fraction of sp³-hybridized carbons (Fsp3) is 0.769. The van der Waals surface area contributed by atoms with E-state index >= 15 is 0 Å². The summed E-state index contributed by atoms with van der Waals surface area (Å²) in [6.07, 6.45) is 8.81. The first kappa shape index (κ1) is 14.6. The van der Waals surface area contributed by atoms with E-state index < -0.39 is 0 Å². The number of nitrogens with zero attached hydrogens (tertiary/aromatic N) is 2. The maximum absolute atomic E-state index is 4.39. The van der Waals surface area contributed by atoms with Gasteiger partial charge in [0.05, 0.1) is 11.7 Å². The van der Waals surface area contributed by atoms with Gasteiger partial charge in [-0.05, 0) is 52.2 Å². The normalized spacial score (nSPS) is 12.0. The van der Waals surface area contributed by atoms with E-state index in [0.717, 1.165) is 13.1 Å². The molecule has 0 saturated carbocycles. The molecule has 0 aliphatic rings. The van der Waals surface area contributed by atoms with Crippen molar-refractivity contribution in [2.24, 2.45) is 0 Å². The Morgan fingerprint density at radius 3 is 2.71 bits per heavy atom. The summed E-state index contributed by atoms with van der Waals surface area (Å²) in [6.45, 7) is 8.52. The topological polar surface area (TPSA) is 29.9 Å². The van der Waals surface area contributed by atoms with Crippen molar-refractivity contribution in [3.63, 3.8) is 0 Å². The number of thioether (sulfide) groups is 1. The summed E-state index contributed by atoms with van der Waals surface area (Å²) in [7, 11) is 0. The number of nitrogens with one attached hydrogen (secondary N) is 1. The first-order chi connectivity index (χ1) is 8.04. The molecule has 0 fully saturated rings. The van der Waals surface area contributed by atoms with Gasteiger partial charge in [-0.3, -0.25) is 4.68 Å². The van der Waals surface area contributed by atoms with Crippen molar-refractivity contribution in [3.05, 3.63) is 18.0 Å². The fourth-order valence-corrected chi connectivity index (χ4v) is 2.04. The van der Waals surface area contributed by atoms with Crippen molar-refractivity contribution in [2.75, 3.05) is 18.6 Å². The summed E-state index contributed by atoms with van der Waals surface area (Å²) < 4.78 is 2.03. The third-order valence-corrected chi connectivity index (χ3v) is 3.30. The van der Waals surface area contributed by atoms with E-state index in [2.05, 4.69) is 43.6 Å². The highest BCUT2D eigenvalue weighted by molar-refractivity contribution is 7.98. The third-order valence-electron chi connectivity index (χ3n) is 2.60. The van der Waals surface area contributed by atoms with Crippen molar-refractivity contribution in [3.8, 4) is 0 Å². The van der Waals surface area contributed by atoms with Crippen LogP contribution < -0.4 is 5.32 Å². The van der Waals surface area contributed by atoms with Gasteiger partial charge in [-0.25, -0.2) is 0 Å². The molecule has 0 atom stereocenters. The summed E-state index contributed by atoms with van der Waals surface area (Å²) in [6, 6.07) is 0. The Labute approximate surface area is 109 Å². The van der Waals surface area contributed by atoms with E-state index in [4.69, 9.17) is 0 Å². The number of aromatic nitrogens is 2. The molecule has 3 nitrogen and oxygen atoms in total. The molecule has 0 aliphatic carbocycles. The van der Waals surface area contributed by atoms with Crippen LogP contribution in [-0.2, 0) is 12.1 Å². The second kappa shape index (κ2) is 7.07. The Hall–Kier alpha value is -0.480. The zero-order valence-electron chi connectivity index (χ0n) is 11.5. The number of hydrogen-bond donors (Lipinski definition) is 1. The van der Waals surface area contributed by atoms with Gasteiger partial charge in [0.1, 0.15) is 0 Å². The molecule has 1 aromatic heterocycles. The smallest absolute Gasteiger partial charge is 0.0543 e. The van der Waals surface area contributed by atoms with Gasteiger partial charge in [0.2, 0.25) is 0 Å². The molecule has 0 aliphatic heterocycles. The summed E-state index contributed by atoms with van der Waals surface area (Å²) in [5.74, 6) is 1.27. The second-order valence-corrected chi connectivity index (χ2v) is 6.33. The molecule has 0 bridgehead atoms. The molecule has 1 N–H and O–H groups in total. The summed E-state index contributed by atoms with van der Waals surface area (Å²) in [5.41, 5.74) is 1.35. The standard InChI is InChI=1S/C13H25N3S/c1-13(2,3)16-11-12(10-15-16)9-14-7-5-6-8-17-4/h10-11,14H,5-9H2,1-4H3. The van der Waals surface area contributed by atoms with Crippen molar-refractivity contribution in [1.82, 2.24) is 15.1 Å². The van der Waals surface area contributed by atoms with Crippen LogP contribution in [-0.4, -0.2) is 28.3 Å². The average molecular weight is 255 g/mol. The van der Waals surface area contributed by atoms with E-state index in [1.54, 1.807) is 0 Å². The van der Waals surface area contributed by atoms with Crippen LogP contribution in [0.1, 0.15) is 39.2 Å². The second-order valence-electron chi connectivity index (χ2n) is 5.34. The largest absolute Gasteiger partial charge is 0.313 e. The van der Waals surface area contributed by atoms with Crippen LogP contribution >= 0.6 is 11.8 Å². The molecular weight excluding hydrogens is 230 g/mol. The predicted octanol–water partition coefficient (Wildman–Crippen LogP) is 2.87. The number of hydrogen-bond acceptors (Lipinski definition) is 3. The van der Waals surface area contributed by atoms with E-state index in [1.165, 1.54) is 24.2 Å². The fourth-order valence-electron chi connectivity index (χ4n) is 1.55. The van der Waals surface area contributed by atoms with E-state index in [9.17, 15) is 0 Å². The Balaban J connectivity index is 2.21. The maximum atomic E-state index is 4.39. The lowest BCUT2D eigenvalue weighted by molar-refractivity contribution is 0.355. The maximum Gasteiger partial charge on any atom is 0.0543 e. The minimum Gasteiger partial charge on any atom is -0.313 e. The van der Waals surface area contributed by atoms with Crippen LogP contribution in [0.2, 0.25) is 0 Å².